The average Bonchev–Trinajstić information content (AvgIpc) is 3.38. The zero-order valence-corrected chi connectivity index (χ0v) is 18.8. The largest absolute Gasteiger partial charge is 0.464 e. The van der Waals surface area contributed by atoms with Crippen molar-refractivity contribution < 1.29 is 14.0 Å². The smallest absolute Gasteiger partial charge is 0.280 e. The van der Waals surface area contributed by atoms with Crippen LogP contribution >= 0.6 is 23.1 Å². The molecular formula is C21H23ClN4O3S. The number of aromatic nitrogens is 2. The number of amides is 2. The van der Waals surface area contributed by atoms with Crippen LogP contribution in [0.25, 0.3) is 0 Å². The molecule has 2 heterocycles. The van der Waals surface area contributed by atoms with E-state index < -0.39 is 17.5 Å². The molecule has 0 saturated heterocycles. The Bertz CT molecular complexity index is 1030. The maximum atomic E-state index is 13.5. The van der Waals surface area contributed by atoms with Crippen LogP contribution in [-0.2, 0) is 4.79 Å². The van der Waals surface area contributed by atoms with Crippen molar-refractivity contribution in [3.63, 3.8) is 0 Å². The number of nitrogens with one attached hydrogen (secondary N) is 1. The van der Waals surface area contributed by atoms with E-state index in [4.69, 9.17) is 16.0 Å². The van der Waals surface area contributed by atoms with Gasteiger partial charge in [0.25, 0.3) is 11.8 Å². The Kier molecular flexibility index (Phi) is 6.58. The Hall–Kier alpha value is -2.71. The van der Waals surface area contributed by atoms with Gasteiger partial charge in [-0.15, -0.1) is 5.10 Å². The molecule has 0 saturated carbocycles. The normalized spacial score (nSPS) is 12.4. The van der Waals surface area contributed by atoms with Crippen molar-refractivity contribution in [3.8, 4) is 0 Å². The number of aryl methyl sites for hydroxylation is 1. The van der Waals surface area contributed by atoms with Gasteiger partial charge in [0.05, 0.1) is 10.7 Å². The fourth-order valence-electron chi connectivity index (χ4n) is 2.86. The van der Waals surface area contributed by atoms with Crippen LogP contribution in [0.3, 0.4) is 0 Å². The average molecular weight is 447 g/mol. The van der Waals surface area contributed by atoms with Gasteiger partial charge in [0, 0.05) is 10.9 Å². The number of halogens is 1. The van der Waals surface area contributed by atoms with E-state index in [2.05, 4.69) is 14.9 Å². The van der Waals surface area contributed by atoms with Crippen LogP contribution in [0.1, 0.15) is 55.2 Å². The van der Waals surface area contributed by atoms with Gasteiger partial charge in [0.1, 0.15) is 11.5 Å². The monoisotopic (exact) mass is 446 g/mol. The zero-order chi connectivity index (χ0) is 21.9. The van der Waals surface area contributed by atoms with E-state index >= 15 is 0 Å². The van der Waals surface area contributed by atoms with E-state index in [1.54, 1.807) is 43.3 Å². The number of carbonyl (C=O) groups is 2. The van der Waals surface area contributed by atoms with Gasteiger partial charge in [0.15, 0.2) is 11.7 Å². The lowest BCUT2D eigenvalue weighted by Crippen LogP contribution is -2.50. The van der Waals surface area contributed by atoms with Crippen LogP contribution in [0.2, 0.25) is 5.02 Å². The number of furan rings is 1. The Morgan fingerprint density at radius 2 is 2.00 bits per heavy atom. The molecule has 1 N–H and O–H groups in total. The third-order valence-electron chi connectivity index (χ3n) is 4.79. The van der Waals surface area contributed by atoms with Crippen LogP contribution in [0.4, 0.5) is 5.69 Å². The minimum atomic E-state index is -1.08. The van der Waals surface area contributed by atoms with Gasteiger partial charge in [-0.05, 0) is 63.0 Å². The summed E-state index contributed by atoms with van der Waals surface area (Å²) >= 11 is 7.49. The van der Waals surface area contributed by atoms with Crippen molar-refractivity contribution in [1.29, 1.82) is 0 Å². The molecule has 9 heteroatoms. The summed E-state index contributed by atoms with van der Waals surface area (Å²) in [6, 6.07) is 9.20. The summed E-state index contributed by atoms with van der Waals surface area (Å²) in [6.45, 7) is 7.59. The van der Waals surface area contributed by atoms with Gasteiger partial charge >= 0.3 is 0 Å². The lowest BCUT2D eigenvalue weighted by atomic mass is 10.0. The van der Waals surface area contributed by atoms with Crippen molar-refractivity contribution in [3.05, 3.63) is 64.0 Å². The molecule has 7 nitrogen and oxygen atoms in total. The highest BCUT2D eigenvalue weighted by Gasteiger charge is 2.38. The lowest BCUT2D eigenvalue weighted by Gasteiger charge is -2.33. The van der Waals surface area contributed by atoms with E-state index in [1.165, 1.54) is 10.3 Å². The molecule has 0 aliphatic heterocycles. The molecule has 3 aromatic rings. The maximum Gasteiger partial charge on any atom is 0.280 e. The summed E-state index contributed by atoms with van der Waals surface area (Å²) in [5.41, 5.74) is 0.0189. The van der Waals surface area contributed by atoms with Gasteiger partial charge in [-0.25, -0.2) is 0 Å². The second-order valence-corrected chi connectivity index (χ2v) is 8.51. The fraction of sp³-hybridized carbons (Fsp3) is 0.333. The molecular weight excluding hydrogens is 424 g/mol. The first-order valence-electron chi connectivity index (χ1n) is 9.47. The maximum absolute atomic E-state index is 13.5. The quantitative estimate of drug-likeness (QED) is 0.563. The molecule has 158 valence electrons. The fourth-order valence-corrected chi connectivity index (χ4v) is 3.52. The van der Waals surface area contributed by atoms with Crippen molar-refractivity contribution >= 4 is 40.6 Å². The Labute approximate surface area is 184 Å². The van der Waals surface area contributed by atoms with E-state index in [0.29, 0.717) is 28.7 Å². The standard InChI is InChI=1S/C21H23ClN4O3S/c1-5-21(3,4)23-19(27)18(17-11-10-13(2)29-17)26(16-9-7-6-8-14(16)22)20(28)15-12-30-25-24-15/h6-12,18H,5H2,1-4H3,(H,23,27)/t18-/m0/s1. The second-order valence-electron chi connectivity index (χ2n) is 7.49. The van der Waals surface area contributed by atoms with E-state index in [1.807, 2.05) is 20.8 Å². The van der Waals surface area contributed by atoms with E-state index in [-0.39, 0.29) is 11.6 Å². The number of anilines is 1. The summed E-state index contributed by atoms with van der Waals surface area (Å²) in [4.78, 5) is 28.3. The van der Waals surface area contributed by atoms with Crippen LogP contribution in [-0.4, -0.2) is 26.9 Å². The van der Waals surface area contributed by atoms with Crippen LogP contribution in [0, 0.1) is 6.92 Å². The highest BCUT2D eigenvalue weighted by Crippen LogP contribution is 2.35. The number of carbonyl (C=O) groups excluding carboxylic acids is 2. The Morgan fingerprint density at radius 3 is 2.57 bits per heavy atom. The van der Waals surface area contributed by atoms with Crippen molar-refractivity contribution in [2.45, 2.75) is 45.7 Å². The molecule has 0 fully saturated rings. The van der Waals surface area contributed by atoms with E-state index in [0.717, 1.165) is 11.5 Å². The third-order valence-corrected chi connectivity index (χ3v) is 5.62. The first-order valence-corrected chi connectivity index (χ1v) is 10.7. The predicted octanol–water partition coefficient (Wildman–Crippen LogP) is 4.79. The molecule has 0 radical (unpaired) electrons. The topological polar surface area (TPSA) is 88.3 Å². The molecule has 0 unspecified atom stereocenters. The molecule has 1 aromatic carbocycles. The molecule has 2 amide bonds. The minimum Gasteiger partial charge on any atom is -0.464 e. The molecule has 3 rings (SSSR count). The number of nitrogens with zero attached hydrogens (tertiary/aromatic N) is 3. The summed E-state index contributed by atoms with van der Waals surface area (Å²) in [7, 11) is 0. The van der Waals surface area contributed by atoms with Gasteiger partial charge < -0.3 is 9.73 Å². The highest BCUT2D eigenvalue weighted by atomic mass is 35.5. The third kappa shape index (κ3) is 4.71. The van der Waals surface area contributed by atoms with Crippen molar-refractivity contribution in [2.24, 2.45) is 0 Å². The zero-order valence-electron chi connectivity index (χ0n) is 17.2. The van der Waals surface area contributed by atoms with Gasteiger partial charge in [-0.3, -0.25) is 14.5 Å². The number of hydrogen-bond donors (Lipinski definition) is 1. The van der Waals surface area contributed by atoms with Gasteiger partial charge in [-0.1, -0.05) is 35.1 Å². The molecule has 0 aliphatic rings. The summed E-state index contributed by atoms with van der Waals surface area (Å²) in [5.74, 6) is 0.0702. The second kappa shape index (κ2) is 8.97. The molecule has 0 aliphatic carbocycles. The van der Waals surface area contributed by atoms with E-state index in [9.17, 15) is 9.59 Å². The lowest BCUT2D eigenvalue weighted by molar-refractivity contribution is -0.124. The van der Waals surface area contributed by atoms with Crippen LogP contribution in [0.5, 0.6) is 0 Å². The summed E-state index contributed by atoms with van der Waals surface area (Å²) < 4.78 is 9.58. The van der Waals surface area contributed by atoms with Gasteiger partial charge in [0.2, 0.25) is 0 Å². The molecule has 2 aromatic heterocycles. The van der Waals surface area contributed by atoms with Gasteiger partial charge in [-0.2, -0.15) is 0 Å². The predicted molar refractivity (Wildman–Crippen MR) is 117 cm³/mol. The minimum absolute atomic E-state index is 0.121. The first kappa shape index (κ1) is 22.0. The Morgan fingerprint density at radius 1 is 1.27 bits per heavy atom. The number of rotatable bonds is 7. The first-order chi connectivity index (χ1) is 14.2. The molecule has 1 atom stereocenters. The Balaban J connectivity index is 2.17. The molecule has 0 spiro atoms. The molecule has 0 bridgehead atoms. The molecule has 30 heavy (non-hydrogen) atoms. The van der Waals surface area contributed by atoms with Crippen LogP contribution < -0.4 is 10.2 Å². The SMILES string of the molecule is CCC(C)(C)NC(=O)[C@H](c1ccc(C)o1)N(C(=O)c1csnn1)c1ccccc1Cl. The summed E-state index contributed by atoms with van der Waals surface area (Å²) in [6.07, 6.45) is 0.707. The number of para-hydroxylation sites is 1. The van der Waals surface area contributed by atoms with Crippen molar-refractivity contribution in [2.75, 3.05) is 4.90 Å². The number of benzene rings is 1. The van der Waals surface area contributed by atoms with Crippen LogP contribution in [0.15, 0.2) is 46.2 Å². The van der Waals surface area contributed by atoms with Crippen molar-refractivity contribution in [1.82, 2.24) is 14.9 Å². The number of hydrogen-bond acceptors (Lipinski definition) is 6. The summed E-state index contributed by atoms with van der Waals surface area (Å²) in [5, 5.41) is 8.77. The highest BCUT2D eigenvalue weighted by molar-refractivity contribution is 7.03.